The van der Waals surface area contributed by atoms with Crippen LogP contribution in [-0.4, -0.2) is 31.1 Å². The molecule has 25 heavy (non-hydrogen) atoms. The van der Waals surface area contributed by atoms with Crippen LogP contribution in [0.1, 0.15) is 35.4 Å². The molecule has 0 amide bonds. The Bertz CT molecular complexity index is 847. The van der Waals surface area contributed by atoms with Crippen LogP contribution in [0.2, 0.25) is 0 Å². The third-order valence-corrected chi connectivity index (χ3v) is 7.47. The van der Waals surface area contributed by atoms with Crippen molar-refractivity contribution in [1.82, 2.24) is 0 Å². The first-order valence-electron chi connectivity index (χ1n) is 8.17. The summed E-state index contributed by atoms with van der Waals surface area (Å²) in [6.45, 7) is 1.84. The Morgan fingerprint density at radius 2 is 1.80 bits per heavy atom. The van der Waals surface area contributed by atoms with Gasteiger partial charge in [-0.3, -0.25) is 0 Å². The molecular formula is C19H20O4S2. The van der Waals surface area contributed by atoms with Gasteiger partial charge in [-0.15, -0.1) is 11.8 Å². The molecule has 1 aliphatic heterocycles. The SMILES string of the molecule is CC(OC(=O)c1ccccc1SC1CCS(=O)(=O)C1)c1ccccc1. The van der Waals surface area contributed by atoms with Gasteiger partial charge in [0.15, 0.2) is 9.84 Å². The van der Waals surface area contributed by atoms with E-state index in [1.54, 1.807) is 12.1 Å². The minimum absolute atomic E-state index is 0.00880. The smallest absolute Gasteiger partial charge is 0.339 e. The van der Waals surface area contributed by atoms with Gasteiger partial charge in [0, 0.05) is 10.1 Å². The standard InChI is InChI=1S/C19H20O4S2/c1-14(15-7-3-2-4-8-15)23-19(20)17-9-5-6-10-18(17)24-16-11-12-25(21,22)13-16/h2-10,14,16H,11-13H2,1H3. The maximum absolute atomic E-state index is 12.6. The first-order valence-corrected chi connectivity index (χ1v) is 10.9. The average Bonchev–Trinajstić information content (AvgIpc) is 2.94. The van der Waals surface area contributed by atoms with Crippen molar-refractivity contribution >= 4 is 27.6 Å². The monoisotopic (exact) mass is 376 g/mol. The first kappa shape index (κ1) is 18.0. The van der Waals surface area contributed by atoms with Crippen molar-refractivity contribution in [2.45, 2.75) is 29.6 Å². The van der Waals surface area contributed by atoms with Gasteiger partial charge in [0.05, 0.1) is 17.1 Å². The Morgan fingerprint density at radius 3 is 2.48 bits per heavy atom. The lowest BCUT2D eigenvalue weighted by molar-refractivity contribution is 0.0333. The van der Waals surface area contributed by atoms with E-state index in [1.807, 2.05) is 49.4 Å². The average molecular weight is 376 g/mol. The molecule has 2 aromatic rings. The predicted octanol–water partition coefficient (Wildman–Crippen LogP) is 3.88. The topological polar surface area (TPSA) is 60.4 Å². The highest BCUT2D eigenvalue weighted by Crippen LogP contribution is 2.33. The number of benzene rings is 2. The largest absolute Gasteiger partial charge is 0.454 e. The molecule has 4 nitrogen and oxygen atoms in total. The van der Waals surface area contributed by atoms with Crippen molar-refractivity contribution in [3.8, 4) is 0 Å². The Morgan fingerprint density at radius 1 is 1.12 bits per heavy atom. The van der Waals surface area contributed by atoms with Gasteiger partial charge in [-0.2, -0.15) is 0 Å². The quantitative estimate of drug-likeness (QED) is 0.741. The van der Waals surface area contributed by atoms with Crippen LogP contribution in [0.5, 0.6) is 0 Å². The van der Waals surface area contributed by atoms with Crippen LogP contribution in [0.15, 0.2) is 59.5 Å². The molecule has 1 saturated heterocycles. The summed E-state index contributed by atoms with van der Waals surface area (Å²) < 4.78 is 28.9. The van der Waals surface area contributed by atoms with E-state index < -0.39 is 9.84 Å². The zero-order chi connectivity index (χ0) is 17.9. The number of hydrogen-bond donors (Lipinski definition) is 0. The van der Waals surface area contributed by atoms with E-state index >= 15 is 0 Å². The third-order valence-electron chi connectivity index (χ3n) is 4.14. The number of rotatable bonds is 5. The van der Waals surface area contributed by atoms with Crippen LogP contribution in [0.3, 0.4) is 0 Å². The van der Waals surface area contributed by atoms with E-state index in [2.05, 4.69) is 0 Å². The van der Waals surface area contributed by atoms with Gasteiger partial charge < -0.3 is 4.74 Å². The number of sulfone groups is 1. The van der Waals surface area contributed by atoms with Gasteiger partial charge in [0.2, 0.25) is 0 Å². The lowest BCUT2D eigenvalue weighted by atomic mass is 10.1. The molecule has 132 valence electrons. The fourth-order valence-electron chi connectivity index (χ4n) is 2.79. The summed E-state index contributed by atoms with van der Waals surface area (Å²) in [5.74, 6) is 0.00404. The molecule has 0 aromatic heterocycles. The summed E-state index contributed by atoms with van der Waals surface area (Å²) in [6, 6.07) is 16.8. The maximum Gasteiger partial charge on any atom is 0.339 e. The molecule has 2 unspecified atom stereocenters. The molecule has 2 aromatic carbocycles. The second-order valence-electron chi connectivity index (χ2n) is 6.10. The Labute approximate surface area is 152 Å². The van der Waals surface area contributed by atoms with Crippen molar-refractivity contribution in [3.63, 3.8) is 0 Å². The zero-order valence-electron chi connectivity index (χ0n) is 13.9. The molecule has 6 heteroatoms. The van der Waals surface area contributed by atoms with E-state index in [1.165, 1.54) is 11.8 Å². The zero-order valence-corrected chi connectivity index (χ0v) is 15.6. The molecule has 0 saturated carbocycles. The molecule has 0 radical (unpaired) electrons. The molecule has 3 rings (SSSR count). The number of carbonyl (C=O) groups is 1. The highest BCUT2D eigenvalue weighted by atomic mass is 32.2. The highest BCUT2D eigenvalue weighted by Gasteiger charge is 2.29. The number of hydrogen-bond acceptors (Lipinski definition) is 5. The summed E-state index contributed by atoms with van der Waals surface area (Å²) in [5, 5.41) is -0.00880. The van der Waals surface area contributed by atoms with Crippen LogP contribution in [0.4, 0.5) is 0 Å². The molecule has 1 fully saturated rings. The molecule has 2 atom stereocenters. The van der Waals surface area contributed by atoms with E-state index in [0.29, 0.717) is 12.0 Å². The molecule has 0 spiro atoms. The Balaban J connectivity index is 1.73. The predicted molar refractivity (Wildman–Crippen MR) is 99.6 cm³/mol. The van der Waals surface area contributed by atoms with Crippen LogP contribution >= 0.6 is 11.8 Å². The summed E-state index contributed by atoms with van der Waals surface area (Å²) in [5.41, 5.74) is 1.42. The van der Waals surface area contributed by atoms with Crippen molar-refractivity contribution in [2.24, 2.45) is 0 Å². The van der Waals surface area contributed by atoms with Gasteiger partial charge >= 0.3 is 5.97 Å². The van der Waals surface area contributed by atoms with Gasteiger partial charge in [-0.05, 0) is 31.0 Å². The van der Waals surface area contributed by atoms with Crippen LogP contribution in [-0.2, 0) is 14.6 Å². The number of ether oxygens (including phenoxy) is 1. The van der Waals surface area contributed by atoms with Gasteiger partial charge in [0.1, 0.15) is 6.10 Å². The molecule has 1 heterocycles. The Hall–Kier alpha value is -1.79. The number of esters is 1. The van der Waals surface area contributed by atoms with E-state index in [4.69, 9.17) is 4.74 Å². The van der Waals surface area contributed by atoms with Gasteiger partial charge in [0.25, 0.3) is 0 Å². The molecule has 0 aliphatic carbocycles. The number of carbonyl (C=O) groups excluding carboxylic acids is 1. The summed E-state index contributed by atoms with van der Waals surface area (Å²) in [6.07, 6.45) is 0.273. The molecule has 0 N–H and O–H groups in total. The van der Waals surface area contributed by atoms with E-state index in [0.717, 1.165) is 10.5 Å². The van der Waals surface area contributed by atoms with Crippen molar-refractivity contribution in [3.05, 3.63) is 65.7 Å². The fourth-order valence-corrected chi connectivity index (χ4v) is 6.40. The van der Waals surface area contributed by atoms with Crippen molar-refractivity contribution in [1.29, 1.82) is 0 Å². The molecular weight excluding hydrogens is 356 g/mol. The van der Waals surface area contributed by atoms with E-state index in [-0.39, 0.29) is 28.8 Å². The maximum atomic E-state index is 12.6. The summed E-state index contributed by atoms with van der Waals surface area (Å²) >= 11 is 1.45. The lowest BCUT2D eigenvalue weighted by Crippen LogP contribution is -2.12. The van der Waals surface area contributed by atoms with Gasteiger partial charge in [-0.25, -0.2) is 13.2 Å². The van der Waals surface area contributed by atoms with Crippen molar-refractivity contribution < 1.29 is 17.9 Å². The molecule has 1 aliphatic rings. The summed E-state index contributed by atoms with van der Waals surface area (Å²) in [4.78, 5) is 13.4. The number of thioether (sulfide) groups is 1. The second kappa shape index (κ2) is 7.62. The third kappa shape index (κ3) is 4.64. The second-order valence-corrected chi connectivity index (χ2v) is 9.67. The van der Waals surface area contributed by atoms with E-state index in [9.17, 15) is 13.2 Å². The molecule has 0 bridgehead atoms. The fraction of sp³-hybridized carbons (Fsp3) is 0.316. The first-order chi connectivity index (χ1) is 11.9. The van der Waals surface area contributed by atoms with Crippen LogP contribution in [0.25, 0.3) is 0 Å². The highest BCUT2D eigenvalue weighted by molar-refractivity contribution is 8.02. The minimum Gasteiger partial charge on any atom is -0.454 e. The Kier molecular flexibility index (Phi) is 5.49. The lowest BCUT2D eigenvalue weighted by Gasteiger charge is -2.16. The van der Waals surface area contributed by atoms with Crippen LogP contribution < -0.4 is 0 Å². The van der Waals surface area contributed by atoms with Crippen LogP contribution in [0, 0.1) is 0 Å². The summed E-state index contributed by atoms with van der Waals surface area (Å²) in [7, 11) is -2.94. The van der Waals surface area contributed by atoms with Crippen molar-refractivity contribution in [2.75, 3.05) is 11.5 Å². The minimum atomic E-state index is -2.94. The van der Waals surface area contributed by atoms with Gasteiger partial charge in [-0.1, -0.05) is 42.5 Å². The normalized spacial score (nSPS) is 20.1.